The molecule has 1 aromatic carbocycles. The lowest BCUT2D eigenvalue weighted by molar-refractivity contribution is 1.09. The van der Waals surface area contributed by atoms with E-state index >= 15 is 0 Å². The first-order chi connectivity index (χ1) is 6.35. The molecular formula is C14H28. The van der Waals surface area contributed by atoms with Crippen molar-refractivity contribution in [3.05, 3.63) is 35.9 Å². The molecule has 0 fully saturated rings. The van der Waals surface area contributed by atoms with Crippen LogP contribution in [0.1, 0.15) is 54.0 Å². The Morgan fingerprint density at radius 3 is 1.43 bits per heavy atom. The number of hydrogen-bond acceptors (Lipinski definition) is 0. The van der Waals surface area contributed by atoms with E-state index in [1.807, 2.05) is 19.9 Å². The molecule has 1 rings (SSSR count). The fraction of sp³-hybridized carbons (Fsp3) is 0.571. The third kappa shape index (κ3) is 13.8. The van der Waals surface area contributed by atoms with E-state index in [0.29, 0.717) is 0 Å². The molecule has 0 unspecified atom stereocenters. The predicted octanol–water partition coefficient (Wildman–Crippen LogP) is 5.33. The maximum atomic E-state index is 2.16. The number of benzene rings is 1. The largest absolute Gasteiger partial charge is 0.0776 e. The van der Waals surface area contributed by atoms with Gasteiger partial charge >= 0.3 is 0 Å². The second-order valence-corrected chi connectivity index (χ2v) is 2.55. The normalized spacial score (nSPS) is 6.93. The fourth-order valence-electron chi connectivity index (χ4n) is 0.714. The summed E-state index contributed by atoms with van der Waals surface area (Å²) in [6.07, 6.45) is 2.39. The molecule has 0 radical (unpaired) electrons. The van der Waals surface area contributed by atoms with Gasteiger partial charge in [0.05, 0.1) is 0 Å². The van der Waals surface area contributed by atoms with Gasteiger partial charge in [-0.25, -0.2) is 0 Å². The molecule has 0 saturated heterocycles. The second-order valence-electron chi connectivity index (χ2n) is 2.55. The zero-order chi connectivity index (χ0) is 10.5. The van der Waals surface area contributed by atoms with Crippen molar-refractivity contribution in [1.29, 1.82) is 0 Å². The Morgan fingerprint density at radius 2 is 1.21 bits per heavy atom. The van der Waals surface area contributed by atoms with E-state index < -0.39 is 0 Å². The highest BCUT2D eigenvalue weighted by Crippen LogP contribution is 1.96. The summed E-state index contributed by atoms with van der Waals surface area (Å²) in [6, 6.07) is 10.5. The van der Waals surface area contributed by atoms with Gasteiger partial charge in [0, 0.05) is 0 Å². The summed E-state index contributed by atoms with van der Waals surface area (Å²) in [5, 5.41) is 0. The molecule has 14 heavy (non-hydrogen) atoms. The minimum Gasteiger partial charge on any atom is -0.0776 e. The molecule has 0 heterocycles. The molecule has 0 spiro atoms. The summed E-state index contributed by atoms with van der Waals surface area (Å²) in [6.45, 7) is 10.4. The van der Waals surface area contributed by atoms with Gasteiger partial charge in [0.2, 0.25) is 0 Å². The highest BCUT2D eigenvalue weighted by Gasteiger charge is 1.79. The van der Waals surface area contributed by atoms with Crippen LogP contribution in [0.4, 0.5) is 0 Å². The van der Waals surface area contributed by atoms with Crippen LogP contribution in [0.25, 0.3) is 0 Å². The lowest BCUT2D eigenvalue weighted by atomic mass is 10.2. The van der Waals surface area contributed by atoms with Crippen LogP contribution in [0.3, 0.4) is 0 Å². The monoisotopic (exact) mass is 196 g/mol. The van der Waals surface area contributed by atoms with Crippen molar-refractivity contribution < 1.29 is 0 Å². The van der Waals surface area contributed by atoms with E-state index in [4.69, 9.17) is 0 Å². The van der Waals surface area contributed by atoms with E-state index in [9.17, 15) is 0 Å². The van der Waals surface area contributed by atoms with E-state index in [-0.39, 0.29) is 7.43 Å². The van der Waals surface area contributed by atoms with Gasteiger partial charge in [-0.05, 0) is 12.0 Å². The number of hydrogen-bond donors (Lipinski definition) is 0. The number of aryl methyl sites for hydroxylation is 1. The topological polar surface area (TPSA) is 0 Å². The van der Waals surface area contributed by atoms with Crippen molar-refractivity contribution in [1.82, 2.24) is 0 Å². The molecule has 0 atom stereocenters. The van der Waals surface area contributed by atoms with Gasteiger partial charge in [-0.2, -0.15) is 0 Å². The van der Waals surface area contributed by atoms with Crippen molar-refractivity contribution >= 4 is 0 Å². The Morgan fingerprint density at radius 1 is 0.857 bits per heavy atom. The van der Waals surface area contributed by atoms with Crippen LogP contribution in [-0.4, -0.2) is 0 Å². The zero-order valence-corrected chi connectivity index (χ0v) is 9.80. The zero-order valence-electron chi connectivity index (χ0n) is 9.80. The summed E-state index contributed by atoms with van der Waals surface area (Å²) < 4.78 is 0. The summed E-state index contributed by atoms with van der Waals surface area (Å²) in [5.41, 5.74) is 1.41. The Bertz CT molecular complexity index is 153. The molecule has 0 heteroatoms. The Kier molecular flexibility index (Phi) is 24.4. The van der Waals surface area contributed by atoms with Crippen molar-refractivity contribution in [2.75, 3.05) is 0 Å². The molecule has 0 aliphatic heterocycles. The molecule has 0 aliphatic carbocycles. The molecule has 0 nitrogen and oxygen atoms in total. The van der Waals surface area contributed by atoms with Crippen molar-refractivity contribution in [2.45, 2.75) is 54.9 Å². The fourth-order valence-corrected chi connectivity index (χ4v) is 0.714. The van der Waals surface area contributed by atoms with Crippen LogP contribution in [0.15, 0.2) is 30.3 Å². The highest BCUT2D eigenvalue weighted by atomic mass is 13.9. The Labute approximate surface area is 91.4 Å². The van der Waals surface area contributed by atoms with Crippen LogP contribution in [-0.2, 0) is 6.42 Å². The van der Waals surface area contributed by atoms with Gasteiger partial charge in [-0.15, -0.1) is 0 Å². The average Bonchev–Trinajstić information content (AvgIpc) is 2.23. The molecule has 0 amide bonds. The Balaban J connectivity index is -0.000000176. The summed E-state index contributed by atoms with van der Waals surface area (Å²) >= 11 is 0. The summed E-state index contributed by atoms with van der Waals surface area (Å²) in [5.74, 6) is 0. The molecule has 0 N–H and O–H groups in total. The van der Waals surface area contributed by atoms with Gasteiger partial charge in [0.25, 0.3) is 0 Å². The highest BCUT2D eigenvalue weighted by molar-refractivity contribution is 5.13. The van der Waals surface area contributed by atoms with Gasteiger partial charge in [0.1, 0.15) is 0 Å². The van der Waals surface area contributed by atoms with E-state index in [2.05, 4.69) is 45.0 Å². The van der Waals surface area contributed by atoms with Crippen molar-refractivity contribution in [3.8, 4) is 0 Å². The minimum absolute atomic E-state index is 0. The lowest BCUT2D eigenvalue weighted by Crippen LogP contribution is -1.73. The van der Waals surface area contributed by atoms with Crippen LogP contribution in [0.2, 0.25) is 0 Å². The Hall–Kier alpha value is -0.780. The third-order valence-electron chi connectivity index (χ3n) is 1.25. The third-order valence-corrected chi connectivity index (χ3v) is 1.25. The van der Waals surface area contributed by atoms with Crippen molar-refractivity contribution in [3.63, 3.8) is 0 Å². The first kappa shape index (κ1) is 18.9. The van der Waals surface area contributed by atoms with Crippen LogP contribution in [0.5, 0.6) is 0 Å². The molecule has 0 saturated carbocycles. The maximum Gasteiger partial charge on any atom is -0.0307 e. The van der Waals surface area contributed by atoms with Gasteiger partial charge in [-0.1, -0.05) is 78.8 Å². The van der Waals surface area contributed by atoms with Gasteiger partial charge < -0.3 is 0 Å². The summed E-state index contributed by atoms with van der Waals surface area (Å²) in [7, 11) is 0. The quantitative estimate of drug-likeness (QED) is 0.569. The molecule has 84 valence electrons. The van der Waals surface area contributed by atoms with Crippen LogP contribution in [0, 0.1) is 0 Å². The SMILES string of the molecule is C.CC.CCC.CCc1ccccc1. The van der Waals surface area contributed by atoms with E-state index in [1.54, 1.807) is 0 Å². The lowest BCUT2D eigenvalue weighted by Gasteiger charge is -1.89. The van der Waals surface area contributed by atoms with Crippen molar-refractivity contribution in [2.24, 2.45) is 0 Å². The smallest absolute Gasteiger partial charge is 0.0307 e. The van der Waals surface area contributed by atoms with Crippen LogP contribution >= 0.6 is 0 Å². The van der Waals surface area contributed by atoms with Gasteiger partial charge in [-0.3, -0.25) is 0 Å². The predicted molar refractivity (Wildman–Crippen MR) is 69.9 cm³/mol. The first-order valence-corrected chi connectivity index (χ1v) is 5.39. The average molecular weight is 196 g/mol. The molecule has 1 aromatic rings. The van der Waals surface area contributed by atoms with Gasteiger partial charge in [0.15, 0.2) is 0 Å². The molecule has 0 aliphatic rings. The van der Waals surface area contributed by atoms with Crippen LogP contribution < -0.4 is 0 Å². The second kappa shape index (κ2) is 18.1. The minimum atomic E-state index is 0. The first-order valence-electron chi connectivity index (χ1n) is 5.39. The summed E-state index contributed by atoms with van der Waals surface area (Å²) in [4.78, 5) is 0. The standard InChI is InChI=1S/C8H10.C3H8.C2H6.CH4/c1-2-8-6-4-3-5-7-8;1-3-2;1-2;/h3-7H,2H2,1H3;3H2,1-2H3;1-2H3;1H4. The molecule has 0 bridgehead atoms. The van der Waals surface area contributed by atoms with E-state index in [1.165, 1.54) is 12.0 Å². The molecule has 0 aromatic heterocycles. The maximum absolute atomic E-state index is 2.16. The van der Waals surface area contributed by atoms with E-state index in [0.717, 1.165) is 6.42 Å². The molecular weight excluding hydrogens is 168 g/mol. The number of rotatable bonds is 1.